The molecule has 120 valence electrons. The number of esters is 1. The van der Waals surface area contributed by atoms with E-state index in [4.69, 9.17) is 4.74 Å². The summed E-state index contributed by atoms with van der Waals surface area (Å²) in [6, 6.07) is 8.87. The Bertz CT molecular complexity index is 666. The van der Waals surface area contributed by atoms with Crippen molar-refractivity contribution in [2.75, 3.05) is 11.9 Å². The summed E-state index contributed by atoms with van der Waals surface area (Å²) in [5, 5.41) is 2.50. The van der Waals surface area contributed by atoms with Crippen LogP contribution in [0.4, 0.5) is 14.5 Å². The molecule has 0 atom stereocenters. The van der Waals surface area contributed by atoms with E-state index in [9.17, 15) is 18.4 Å². The number of halogens is 2. The molecule has 1 heterocycles. The number of amides is 1. The van der Waals surface area contributed by atoms with Crippen LogP contribution in [0.3, 0.4) is 0 Å². The average molecular weight is 338 g/mol. The third-order valence-electron chi connectivity index (χ3n) is 2.61. The molecule has 1 aromatic carbocycles. The molecule has 1 N–H and O–H groups in total. The maximum Gasteiger partial charge on any atom is 0.338 e. The SMILES string of the molecule is O=C(COC(=O)c1ccncc1)Nc1ccc(SC(F)F)cc1. The van der Waals surface area contributed by atoms with Crippen molar-refractivity contribution in [1.82, 2.24) is 4.98 Å². The molecule has 0 fully saturated rings. The number of aromatic nitrogens is 1. The predicted molar refractivity (Wildman–Crippen MR) is 81.5 cm³/mol. The molecule has 1 amide bonds. The normalized spacial score (nSPS) is 10.4. The van der Waals surface area contributed by atoms with Gasteiger partial charge in [-0.2, -0.15) is 8.78 Å². The van der Waals surface area contributed by atoms with E-state index in [2.05, 4.69) is 10.3 Å². The van der Waals surface area contributed by atoms with Crippen molar-refractivity contribution in [3.8, 4) is 0 Å². The zero-order chi connectivity index (χ0) is 16.7. The topological polar surface area (TPSA) is 68.3 Å². The lowest BCUT2D eigenvalue weighted by Gasteiger charge is -2.07. The Morgan fingerprint density at radius 2 is 1.78 bits per heavy atom. The third kappa shape index (κ3) is 5.67. The Morgan fingerprint density at radius 1 is 1.13 bits per heavy atom. The summed E-state index contributed by atoms with van der Waals surface area (Å²) >= 11 is 0.417. The Morgan fingerprint density at radius 3 is 2.39 bits per heavy atom. The summed E-state index contributed by atoms with van der Waals surface area (Å²) in [5.41, 5.74) is 0.717. The van der Waals surface area contributed by atoms with Crippen molar-refractivity contribution in [1.29, 1.82) is 0 Å². The fourth-order valence-corrected chi connectivity index (χ4v) is 2.12. The van der Waals surface area contributed by atoms with Crippen LogP contribution in [0.2, 0.25) is 0 Å². The van der Waals surface area contributed by atoms with E-state index in [1.165, 1.54) is 48.8 Å². The van der Waals surface area contributed by atoms with Gasteiger partial charge in [-0.3, -0.25) is 9.78 Å². The van der Waals surface area contributed by atoms with Crippen molar-refractivity contribution in [2.24, 2.45) is 0 Å². The summed E-state index contributed by atoms with van der Waals surface area (Å²) in [4.78, 5) is 27.5. The van der Waals surface area contributed by atoms with Gasteiger partial charge in [0.15, 0.2) is 6.61 Å². The zero-order valence-corrected chi connectivity index (χ0v) is 12.6. The van der Waals surface area contributed by atoms with Gasteiger partial charge in [0, 0.05) is 23.0 Å². The number of hydrogen-bond donors (Lipinski definition) is 1. The Hall–Kier alpha value is -2.48. The Labute approximate surface area is 135 Å². The predicted octanol–water partition coefficient (Wildman–Crippen LogP) is 3.19. The minimum Gasteiger partial charge on any atom is -0.452 e. The van der Waals surface area contributed by atoms with E-state index < -0.39 is 24.2 Å². The number of hydrogen-bond acceptors (Lipinski definition) is 5. The van der Waals surface area contributed by atoms with Crippen molar-refractivity contribution in [3.05, 3.63) is 54.4 Å². The van der Waals surface area contributed by atoms with Gasteiger partial charge in [0.25, 0.3) is 11.7 Å². The van der Waals surface area contributed by atoms with Crippen LogP contribution in [0.5, 0.6) is 0 Å². The van der Waals surface area contributed by atoms with Crippen molar-refractivity contribution >= 4 is 29.3 Å². The van der Waals surface area contributed by atoms with Gasteiger partial charge in [0.2, 0.25) is 0 Å². The second-order valence-electron chi connectivity index (χ2n) is 4.26. The van der Waals surface area contributed by atoms with Gasteiger partial charge in [-0.15, -0.1) is 0 Å². The van der Waals surface area contributed by atoms with E-state index in [0.29, 0.717) is 27.9 Å². The monoisotopic (exact) mass is 338 g/mol. The fourth-order valence-electron chi connectivity index (χ4n) is 1.62. The Balaban J connectivity index is 1.81. The minimum absolute atomic E-state index is 0.293. The van der Waals surface area contributed by atoms with Crippen LogP contribution in [-0.4, -0.2) is 29.2 Å². The van der Waals surface area contributed by atoms with Crippen LogP contribution in [0, 0.1) is 0 Å². The van der Waals surface area contributed by atoms with Gasteiger partial charge in [-0.25, -0.2) is 4.79 Å². The molecule has 1 aromatic heterocycles. The molecule has 0 aliphatic carbocycles. The lowest BCUT2D eigenvalue weighted by atomic mass is 10.3. The summed E-state index contributed by atoms with van der Waals surface area (Å²) in [6.07, 6.45) is 2.88. The average Bonchev–Trinajstić information content (AvgIpc) is 2.55. The first-order valence-corrected chi connectivity index (χ1v) is 7.34. The quantitative estimate of drug-likeness (QED) is 0.647. The summed E-state index contributed by atoms with van der Waals surface area (Å²) < 4.78 is 29.2. The highest BCUT2D eigenvalue weighted by Crippen LogP contribution is 2.26. The van der Waals surface area contributed by atoms with E-state index in [1.807, 2.05) is 0 Å². The van der Waals surface area contributed by atoms with Gasteiger partial charge >= 0.3 is 5.97 Å². The summed E-state index contributed by atoms with van der Waals surface area (Å²) in [7, 11) is 0. The molecular weight excluding hydrogens is 326 g/mol. The van der Waals surface area contributed by atoms with Crippen LogP contribution in [0.25, 0.3) is 0 Å². The molecule has 23 heavy (non-hydrogen) atoms. The number of benzene rings is 1. The highest BCUT2D eigenvalue weighted by Gasteiger charge is 2.10. The zero-order valence-electron chi connectivity index (χ0n) is 11.7. The number of carbonyl (C=O) groups is 2. The highest BCUT2D eigenvalue weighted by atomic mass is 32.2. The van der Waals surface area contributed by atoms with Crippen molar-refractivity contribution in [3.63, 3.8) is 0 Å². The van der Waals surface area contributed by atoms with Crippen molar-refractivity contribution < 1.29 is 23.1 Å². The molecule has 0 spiro atoms. The molecule has 5 nitrogen and oxygen atoms in total. The maximum atomic E-state index is 12.2. The number of pyridine rings is 1. The second kappa shape index (κ2) is 8.23. The smallest absolute Gasteiger partial charge is 0.338 e. The molecule has 0 saturated carbocycles. The number of nitrogens with zero attached hydrogens (tertiary/aromatic N) is 1. The first kappa shape index (κ1) is 16.9. The minimum atomic E-state index is -2.50. The molecule has 0 bridgehead atoms. The van der Waals surface area contributed by atoms with E-state index in [1.54, 1.807) is 0 Å². The first-order chi connectivity index (χ1) is 11.0. The molecule has 8 heteroatoms. The standard InChI is InChI=1S/C15H12F2N2O3S/c16-15(17)23-12-3-1-11(2-4-12)19-13(20)9-22-14(21)10-5-7-18-8-6-10/h1-8,15H,9H2,(H,19,20). The van der Waals surface area contributed by atoms with Gasteiger partial charge in [0.1, 0.15) is 0 Å². The molecule has 2 aromatic rings. The molecule has 0 saturated heterocycles. The van der Waals surface area contributed by atoms with Gasteiger partial charge in [-0.05, 0) is 36.4 Å². The third-order valence-corrected chi connectivity index (χ3v) is 3.34. The lowest BCUT2D eigenvalue weighted by Crippen LogP contribution is -2.20. The van der Waals surface area contributed by atoms with Gasteiger partial charge in [0.05, 0.1) is 5.56 Å². The fraction of sp³-hybridized carbons (Fsp3) is 0.133. The summed E-state index contributed by atoms with van der Waals surface area (Å²) in [6.45, 7) is -0.450. The largest absolute Gasteiger partial charge is 0.452 e. The molecule has 0 unspecified atom stereocenters. The Kier molecular flexibility index (Phi) is 6.04. The van der Waals surface area contributed by atoms with E-state index in [0.717, 1.165) is 0 Å². The second-order valence-corrected chi connectivity index (χ2v) is 5.33. The molecule has 2 rings (SSSR count). The van der Waals surface area contributed by atoms with E-state index in [-0.39, 0.29) is 0 Å². The number of alkyl halides is 2. The number of rotatable bonds is 6. The van der Waals surface area contributed by atoms with Crippen LogP contribution < -0.4 is 5.32 Å². The molecule has 0 radical (unpaired) electrons. The lowest BCUT2D eigenvalue weighted by molar-refractivity contribution is -0.119. The number of nitrogens with one attached hydrogen (secondary N) is 1. The number of ether oxygens (including phenoxy) is 1. The maximum absolute atomic E-state index is 12.2. The summed E-state index contributed by atoms with van der Waals surface area (Å²) in [5.74, 6) is -3.66. The first-order valence-electron chi connectivity index (χ1n) is 6.46. The van der Waals surface area contributed by atoms with E-state index >= 15 is 0 Å². The van der Waals surface area contributed by atoms with Crippen molar-refractivity contribution in [2.45, 2.75) is 10.7 Å². The van der Waals surface area contributed by atoms with Gasteiger partial charge in [-0.1, -0.05) is 11.8 Å². The van der Waals surface area contributed by atoms with Crippen LogP contribution >= 0.6 is 11.8 Å². The highest BCUT2D eigenvalue weighted by molar-refractivity contribution is 7.99. The molecule has 0 aliphatic heterocycles. The number of anilines is 1. The van der Waals surface area contributed by atoms with Crippen LogP contribution in [-0.2, 0) is 9.53 Å². The molecule has 0 aliphatic rings. The van der Waals surface area contributed by atoms with Crippen LogP contribution in [0.15, 0.2) is 53.7 Å². The number of carbonyl (C=O) groups excluding carboxylic acids is 2. The van der Waals surface area contributed by atoms with Gasteiger partial charge < -0.3 is 10.1 Å². The molecular formula is C15H12F2N2O3S. The number of thioether (sulfide) groups is 1. The van der Waals surface area contributed by atoms with Crippen LogP contribution in [0.1, 0.15) is 10.4 Å².